The fourth-order valence-electron chi connectivity index (χ4n) is 3.29. The summed E-state index contributed by atoms with van der Waals surface area (Å²) in [6.07, 6.45) is 7.69. The first-order valence-corrected chi connectivity index (χ1v) is 9.46. The van der Waals surface area contributed by atoms with Crippen molar-refractivity contribution >= 4 is 11.7 Å². The van der Waals surface area contributed by atoms with Gasteiger partial charge in [-0.05, 0) is 12.8 Å². The number of benzene rings is 1. The quantitative estimate of drug-likeness (QED) is 0.702. The Bertz CT molecular complexity index is 891. The molecule has 1 saturated heterocycles. The average Bonchev–Trinajstić information content (AvgIpc) is 3.23. The van der Waals surface area contributed by atoms with Crippen LogP contribution in [0.1, 0.15) is 25.2 Å². The molecule has 3 heterocycles. The highest BCUT2D eigenvalue weighted by Crippen LogP contribution is 2.17. The first kappa shape index (κ1) is 18.1. The largest absolute Gasteiger partial charge is 0.355 e. The first-order chi connectivity index (χ1) is 13.8. The van der Waals surface area contributed by atoms with Gasteiger partial charge in [0, 0.05) is 49.9 Å². The topological polar surface area (TPSA) is 97.0 Å². The molecule has 1 aliphatic heterocycles. The molecular weight excluding hydrogens is 356 g/mol. The van der Waals surface area contributed by atoms with E-state index in [4.69, 9.17) is 4.52 Å². The van der Waals surface area contributed by atoms with Crippen molar-refractivity contribution in [3.05, 3.63) is 54.8 Å². The zero-order valence-corrected chi connectivity index (χ0v) is 15.5. The minimum absolute atomic E-state index is 0.0115. The molecule has 144 valence electrons. The molecule has 0 aliphatic carbocycles. The van der Waals surface area contributed by atoms with E-state index in [-0.39, 0.29) is 11.9 Å². The van der Waals surface area contributed by atoms with E-state index >= 15 is 0 Å². The van der Waals surface area contributed by atoms with E-state index in [9.17, 15) is 4.79 Å². The normalized spacial score (nSPS) is 14.8. The first-order valence-electron chi connectivity index (χ1n) is 9.46. The molecule has 1 N–H and O–H groups in total. The van der Waals surface area contributed by atoms with Gasteiger partial charge in [0.05, 0.1) is 6.20 Å². The van der Waals surface area contributed by atoms with E-state index in [2.05, 4.69) is 30.3 Å². The smallest absolute Gasteiger partial charge is 0.227 e. The van der Waals surface area contributed by atoms with Crippen molar-refractivity contribution in [2.24, 2.45) is 0 Å². The molecule has 8 heteroatoms. The number of carbonyl (C=O) groups is 1. The Hall–Kier alpha value is -3.29. The third-order valence-electron chi connectivity index (χ3n) is 4.80. The Morgan fingerprint density at radius 3 is 2.75 bits per heavy atom. The van der Waals surface area contributed by atoms with E-state index in [1.165, 1.54) is 0 Å². The van der Waals surface area contributed by atoms with Gasteiger partial charge in [-0.25, -0.2) is 4.98 Å². The Morgan fingerprint density at radius 1 is 1.18 bits per heavy atom. The van der Waals surface area contributed by atoms with E-state index in [1.807, 2.05) is 30.3 Å². The Labute approximate surface area is 163 Å². The lowest BCUT2D eigenvalue weighted by Crippen LogP contribution is -2.45. The molecule has 0 unspecified atom stereocenters. The van der Waals surface area contributed by atoms with Gasteiger partial charge >= 0.3 is 0 Å². The molecule has 1 aromatic carbocycles. The number of nitrogens with zero attached hydrogens (tertiary/aromatic N) is 5. The zero-order chi connectivity index (χ0) is 19.2. The van der Waals surface area contributed by atoms with Crippen LogP contribution in [0.4, 0.5) is 5.82 Å². The van der Waals surface area contributed by atoms with Crippen LogP contribution in [0, 0.1) is 0 Å². The summed E-state index contributed by atoms with van der Waals surface area (Å²) in [5, 5.41) is 7.09. The van der Waals surface area contributed by atoms with Gasteiger partial charge in [0.2, 0.25) is 17.6 Å². The number of rotatable bonds is 6. The molecule has 4 rings (SSSR count). The summed E-state index contributed by atoms with van der Waals surface area (Å²) in [4.78, 5) is 27.3. The second kappa shape index (κ2) is 8.60. The molecule has 0 atom stereocenters. The molecular formula is C20H22N6O2. The fourth-order valence-corrected chi connectivity index (χ4v) is 3.29. The summed E-state index contributed by atoms with van der Waals surface area (Å²) in [5.41, 5.74) is 0.900. The zero-order valence-electron chi connectivity index (χ0n) is 15.5. The predicted octanol–water partition coefficient (Wildman–Crippen LogP) is 2.24. The van der Waals surface area contributed by atoms with Gasteiger partial charge in [-0.1, -0.05) is 35.5 Å². The molecule has 1 fully saturated rings. The fraction of sp³-hybridized carbons (Fsp3) is 0.350. The maximum Gasteiger partial charge on any atom is 0.227 e. The monoisotopic (exact) mass is 378 g/mol. The highest BCUT2D eigenvalue weighted by atomic mass is 16.5. The molecule has 0 radical (unpaired) electrons. The van der Waals surface area contributed by atoms with Crippen LogP contribution >= 0.6 is 0 Å². The molecule has 2 aromatic heterocycles. The van der Waals surface area contributed by atoms with Crippen molar-refractivity contribution in [2.75, 3.05) is 18.0 Å². The van der Waals surface area contributed by atoms with Crippen molar-refractivity contribution in [2.45, 2.75) is 31.7 Å². The summed E-state index contributed by atoms with van der Waals surface area (Å²) in [6, 6.07) is 9.82. The maximum absolute atomic E-state index is 12.3. The molecule has 28 heavy (non-hydrogen) atoms. The van der Waals surface area contributed by atoms with E-state index < -0.39 is 0 Å². The summed E-state index contributed by atoms with van der Waals surface area (Å²) >= 11 is 0. The van der Waals surface area contributed by atoms with Gasteiger partial charge in [0.1, 0.15) is 5.82 Å². The number of amides is 1. The third kappa shape index (κ3) is 4.51. The van der Waals surface area contributed by atoms with E-state index in [0.29, 0.717) is 24.6 Å². The summed E-state index contributed by atoms with van der Waals surface area (Å²) in [5.74, 6) is 1.93. The molecule has 3 aromatic rings. The number of hydrogen-bond donors (Lipinski definition) is 1. The van der Waals surface area contributed by atoms with Crippen LogP contribution in [0.5, 0.6) is 0 Å². The standard InChI is InChI=1S/C20H22N6O2/c27-18(6-7-19-24-20(25-28-19)15-4-2-1-3-5-15)23-16-8-12-26(13-9-16)17-14-21-10-11-22-17/h1-5,10-11,14,16H,6-9,12-13H2,(H,23,27). The van der Waals surface area contributed by atoms with Crippen LogP contribution in [0.3, 0.4) is 0 Å². The number of carbonyl (C=O) groups excluding carboxylic acids is 1. The SMILES string of the molecule is O=C(CCc1nc(-c2ccccc2)no1)NC1CCN(c2cnccn2)CC1. The van der Waals surface area contributed by atoms with Gasteiger partial charge in [0.25, 0.3) is 0 Å². The van der Waals surface area contributed by atoms with Gasteiger partial charge in [-0.15, -0.1) is 0 Å². The lowest BCUT2D eigenvalue weighted by Gasteiger charge is -2.32. The van der Waals surface area contributed by atoms with Gasteiger partial charge < -0.3 is 14.7 Å². The number of hydrogen-bond acceptors (Lipinski definition) is 7. The molecule has 0 saturated carbocycles. The lowest BCUT2D eigenvalue weighted by molar-refractivity contribution is -0.122. The number of aromatic nitrogens is 4. The number of anilines is 1. The van der Waals surface area contributed by atoms with Crippen LogP contribution in [0.15, 0.2) is 53.4 Å². The number of nitrogens with one attached hydrogen (secondary N) is 1. The highest BCUT2D eigenvalue weighted by molar-refractivity contribution is 5.76. The van der Waals surface area contributed by atoms with E-state index in [0.717, 1.165) is 37.3 Å². The van der Waals surface area contributed by atoms with Crippen molar-refractivity contribution in [1.82, 2.24) is 25.4 Å². The van der Waals surface area contributed by atoms with Crippen LogP contribution in [0.2, 0.25) is 0 Å². The summed E-state index contributed by atoms with van der Waals surface area (Å²) in [7, 11) is 0. The highest BCUT2D eigenvalue weighted by Gasteiger charge is 2.21. The molecule has 1 aliphatic rings. The van der Waals surface area contributed by atoms with Crippen molar-refractivity contribution in [3.63, 3.8) is 0 Å². The number of piperidine rings is 1. The minimum Gasteiger partial charge on any atom is -0.355 e. The molecule has 0 spiro atoms. The lowest BCUT2D eigenvalue weighted by atomic mass is 10.0. The Morgan fingerprint density at radius 2 is 2.00 bits per heavy atom. The van der Waals surface area contributed by atoms with Crippen LogP contribution < -0.4 is 10.2 Å². The molecule has 8 nitrogen and oxygen atoms in total. The Kier molecular flexibility index (Phi) is 5.56. The van der Waals surface area contributed by atoms with Crippen LogP contribution in [-0.2, 0) is 11.2 Å². The average molecular weight is 378 g/mol. The Balaban J connectivity index is 1.22. The minimum atomic E-state index is 0.0115. The van der Waals surface area contributed by atoms with Crippen LogP contribution in [0.25, 0.3) is 11.4 Å². The molecule has 1 amide bonds. The van der Waals surface area contributed by atoms with Gasteiger partial charge in [-0.3, -0.25) is 9.78 Å². The van der Waals surface area contributed by atoms with Gasteiger partial charge in [-0.2, -0.15) is 4.98 Å². The molecule has 0 bridgehead atoms. The second-order valence-corrected chi connectivity index (χ2v) is 6.77. The predicted molar refractivity (Wildman–Crippen MR) is 103 cm³/mol. The van der Waals surface area contributed by atoms with Crippen molar-refractivity contribution in [1.29, 1.82) is 0 Å². The van der Waals surface area contributed by atoms with Crippen molar-refractivity contribution < 1.29 is 9.32 Å². The second-order valence-electron chi connectivity index (χ2n) is 6.77. The third-order valence-corrected chi connectivity index (χ3v) is 4.80. The number of aryl methyl sites for hydroxylation is 1. The summed E-state index contributed by atoms with van der Waals surface area (Å²) in [6.45, 7) is 1.71. The van der Waals surface area contributed by atoms with Crippen LogP contribution in [-0.4, -0.2) is 45.1 Å². The maximum atomic E-state index is 12.3. The van der Waals surface area contributed by atoms with Gasteiger partial charge in [0.15, 0.2) is 0 Å². The summed E-state index contributed by atoms with van der Waals surface area (Å²) < 4.78 is 5.26. The van der Waals surface area contributed by atoms with Crippen molar-refractivity contribution in [3.8, 4) is 11.4 Å². The van der Waals surface area contributed by atoms with E-state index in [1.54, 1.807) is 18.6 Å².